The Morgan fingerprint density at radius 3 is 2.24 bits per heavy atom. The predicted octanol–water partition coefficient (Wildman–Crippen LogP) is 6.39. The molecule has 2 N–H and O–H groups in total. The van der Waals surface area contributed by atoms with Gasteiger partial charge in [-0.25, -0.2) is 4.98 Å². The largest absolute Gasteiger partial charge is 0.360 e. The fourth-order valence-corrected chi connectivity index (χ4v) is 2.83. The number of anilines is 3. The molecule has 0 aliphatic carbocycles. The first-order valence-electron chi connectivity index (χ1n) is 8.32. The summed E-state index contributed by atoms with van der Waals surface area (Å²) < 4.78 is 0. The summed E-state index contributed by atoms with van der Waals surface area (Å²) in [6.45, 7) is 9.88. The zero-order valence-electron chi connectivity index (χ0n) is 15.0. The third-order valence-electron chi connectivity index (χ3n) is 3.36. The zero-order chi connectivity index (χ0) is 18.1. The minimum Gasteiger partial charge on any atom is -0.360 e. The van der Waals surface area contributed by atoms with Gasteiger partial charge in [-0.3, -0.25) is 0 Å². The van der Waals surface area contributed by atoms with Gasteiger partial charge in [-0.15, -0.1) is 11.3 Å². The van der Waals surface area contributed by atoms with Gasteiger partial charge in [0.15, 0.2) is 5.13 Å². The van der Waals surface area contributed by atoms with Crippen molar-refractivity contribution in [3.8, 4) is 0 Å². The molecular formula is C21H25N3S. The fraction of sp³-hybridized carbons (Fsp3) is 0.190. The lowest BCUT2D eigenvalue weighted by Gasteiger charge is -2.05. The van der Waals surface area contributed by atoms with Crippen molar-refractivity contribution in [2.24, 2.45) is 0 Å². The number of nitrogens with one attached hydrogen (secondary N) is 2. The number of rotatable bonds is 5. The molecule has 0 spiro atoms. The van der Waals surface area contributed by atoms with E-state index in [1.165, 1.54) is 5.56 Å². The number of nitrogens with zero attached hydrogens (tertiary/aromatic N) is 1. The van der Waals surface area contributed by atoms with Crippen LogP contribution in [0.1, 0.15) is 25.1 Å². The second kappa shape index (κ2) is 9.64. The molecule has 2 aromatic carbocycles. The molecule has 0 aliphatic heterocycles. The van der Waals surface area contributed by atoms with Crippen LogP contribution in [-0.4, -0.2) is 4.98 Å². The molecule has 0 aliphatic rings. The Morgan fingerprint density at radius 2 is 1.72 bits per heavy atom. The topological polar surface area (TPSA) is 37.0 Å². The number of hydrogen-bond acceptors (Lipinski definition) is 4. The molecule has 0 bridgehead atoms. The fourth-order valence-electron chi connectivity index (χ4n) is 2.13. The van der Waals surface area contributed by atoms with Crippen molar-refractivity contribution in [2.75, 3.05) is 10.6 Å². The molecule has 0 atom stereocenters. The summed E-state index contributed by atoms with van der Waals surface area (Å²) >= 11 is 1.62. The highest BCUT2D eigenvalue weighted by Gasteiger charge is 1.97. The minimum atomic E-state index is 0.948. The van der Waals surface area contributed by atoms with Gasteiger partial charge in [-0.1, -0.05) is 43.8 Å². The molecule has 0 unspecified atom stereocenters. The second-order valence-electron chi connectivity index (χ2n) is 5.74. The van der Waals surface area contributed by atoms with Gasteiger partial charge < -0.3 is 10.6 Å². The van der Waals surface area contributed by atoms with E-state index in [2.05, 4.69) is 53.4 Å². The normalized spacial score (nSPS) is 9.72. The highest BCUT2D eigenvalue weighted by molar-refractivity contribution is 7.13. The first kappa shape index (κ1) is 18.7. The lowest BCUT2D eigenvalue weighted by Crippen LogP contribution is -1.93. The van der Waals surface area contributed by atoms with Crippen LogP contribution in [-0.2, 0) is 6.42 Å². The average Bonchev–Trinajstić information content (AvgIpc) is 3.01. The number of thiazole rings is 1. The maximum Gasteiger partial charge on any atom is 0.187 e. The van der Waals surface area contributed by atoms with Crippen LogP contribution in [0.2, 0.25) is 0 Å². The molecule has 25 heavy (non-hydrogen) atoms. The van der Waals surface area contributed by atoms with E-state index in [1.54, 1.807) is 11.3 Å². The number of para-hydroxylation sites is 1. The van der Waals surface area contributed by atoms with Gasteiger partial charge in [-0.2, -0.15) is 0 Å². The first-order chi connectivity index (χ1) is 12.1. The summed E-state index contributed by atoms with van der Waals surface area (Å²) in [6, 6.07) is 18.5. The molecule has 3 nitrogen and oxygen atoms in total. The van der Waals surface area contributed by atoms with Crippen molar-refractivity contribution in [1.82, 2.24) is 4.98 Å². The Morgan fingerprint density at radius 1 is 1.04 bits per heavy atom. The van der Waals surface area contributed by atoms with Crippen LogP contribution >= 0.6 is 11.3 Å². The minimum absolute atomic E-state index is 0.948. The number of hydrogen-bond donors (Lipinski definition) is 2. The van der Waals surface area contributed by atoms with E-state index in [0.717, 1.165) is 34.3 Å². The number of aromatic nitrogens is 1. The number of benzene rings is 2. The van der Waals surface area contributed by atoms with Crippen LogP contribution in [0.15, 0.2) is 72.3 Å². The SMILES string of the molecule is C=C(C)Nc1ccc(CC)cc1.Cc1csc(Nc2ccccc2)n1. The Kier molecular flexibility index (Phi) is 7.23. The highest BCUT2D eigenvalue weighted by atomic mass is 32.1. The predicted molar refractivity (Wildman–Crippen MR) is 111 cm³/mol. The maximum atomic E-state index is 4.31. The van der Waals surface area contributed by atoms with E-state index >= 15 is 0 Å². The zero-order valence-corrected chi connectivity index (χ0v) is 15.9. The molecule has 0 saturated heterocycles. The molecule has 0 radical (unpaired) electrons. The smallest absolute Gasteiger partial charge is 0.187 e. The van der Waals surface area contributed by atoms with E-state index in [1.807, 2.05) is 49.6 Å². The Bertz CT molecular complexity index is 776. The van der Waals surface area contributed by atoms with Crippen molar-refractivity contribution >= 4 is 27.8 Å². The van der Waals surface area contributed by atoms with Gasteiger partial charge in [0.1, 0.15) is 0 Å². The molecule has 1 aromatic heterocycles. The van der Waals surface area contributed by atoms with Crippen molar-refractivity contribution in [2.45, 2.75) is 27.2 Å². The molecule has 0 fully saturated rings. The van der Waals surface area contributed by atoms with Crippen LogP contribution in [0.3, 0.4) is 0 Å². The van der Waals surface area contributed by atoms with Crippen LogP contribution in [0.25, 0.3) is 0 Å². The lowest BCUT2D eigenvalue weighted by atomic mass is 10.1. The quantitative estimate of drug-likeness (QED) is 0.559. The summed E-state index contributed by atoms with van der Waals surface area (Å²) in [5.41, 5.74) is 5.58. The summed E-state index contributed by atoms with van der Waals surface area (Å²) in [7, 11) is 0. The molecule has 3 aromatic rings. The van der Waals surface area contributed by atoms with Gasteiger partial charge >= 0.3 is 0 Å². The van der Waals surface area contributed by atoms with Gasteiger partial charge in [-0.05, 0) is 50.1 Å². The highest BCUT2D eigenvalue weighted by Crippen LogP contribution is 2.19. The molecular weight excluding hydrogens is 326 g/mol. The van der Waals surface area contributed by atoms with E-state index in [9.17, 15) is 0 Å². The van der Waals surface area contributed by atoms with Crippen LogP contribution < -0.4 is 10.6 Å². The van der Waals surface area contributed by atoms with Gasteiger partial charge in [0.2, 0.25) is 0 Å². The summed E-state index contributed by atoms with van der Waals surface area (Å²) in [6.07, 6.45) is 1.09. The molecule has 3 rings (SSSR count). The molecule has 130 valence electrons. The Balaban J connectivity index is 0.000000181. The molecule has 0 amide bonds. The number of allylic oxidation sites excluding steroid dienone is 1. The Labute approximate surface area is 154 Å². The molecule has 4 heteroatoms. The molecule has 0 saturated carbocycles. The van der Waals surface area contributed by atoms with E-state index in [4.69, 9.17) is 0 Å². The second-order valence-corrected chi connectivity index (χ2v) is 6.60. The van der Waals surface area contributed by atoms with E-state index < -0.39 is 0 Å². The average molecular weight is 352 g/mol. The monoisotopic (exact) mass is 351 g/mol. The van der Waals surface area contributed by atoms with Crippen LogP contribution in [0.5, 0.6) is 0 Å². The summed E-state index contributed by atoms with van der Waals surface area (Å²) in [5, 5.41) is 9.37. The van der Waals surface area contributed by atoms with Gasteiger partial charge in [0.25, 0.3) is 0 Å². The van der Waals surface area contributed by atoms with Crippen molar-refractivity contribution in [1.29, 1.82) is 0 Å². The van der Waals surface area contributed by atoms with Gasteiger partial charge in [0.05, 0.1) is 5.69 Å². The van der Waals surface area contributed by atoms with E-state index in [-0.39, 0.29) is 0 Å². The Hall–Kier alpha value is -2.59. The lowest BCUT2D eigenvalue weighted by molar-refractivity contribution is 1.14. The van der Waals surface area contributed by atoms with Crippen LogP contribution in [0.4, 0.5) is 16.5 Å². The summed E-state index contributed by atoms with van der Waals surface area (Å²) in [4.78, 5) is 4.31. The van der Waals surface area contributed by atoms with Gasteiger partial charge in [0, 0.05) is 22.5 Å². The number of aryl methyl sites for hydroxylation is 2. The van der Waals surface area contributed by atoms with E-state index in [0.29, 0.717) is 0 Å². The molecule has 1 heterocycles. The van der Waals surface area contributed by atoms with Crippen molar-refractivity contribution in [3.63, 3.8) is 0 Å². The third-order valence-corrected chi connectivity index (χ3v) is 4.24. The summed E-state index contributed by atoms with van der Waals surface area (Å²) in [5.74, 6) is 0. The first-order valence-corrected chi connectivity index (χ1v) is 9.20. The van der Waals surface area contributed by atoms with Crippen LogP contribution in [0, 0.1) is 6.92 Å². The van der Waals surface area contributed by atoms with Crippen molar-refractivity contribution in [3.05, 3.63) is 83.5 Å². The standard InChI is InChI=1S/C11H15N.C10H10N2S/c1-4-10-5-7-11(8-6-10)12-9(2)3;1-8-7-13-10(11-8)12-9-5-3-2-4-6-9/h5-8,12H,2,4H2,1,3H3;2-7H,1H3,(H,11,12). The van der Waals surface area contributed by atoms with Crippen molar-refractivity contribution < 1.29 is 0 Å². The third kappa shape index (κ3) is 6.81. The maximum absolute atomic E-state index is 4.31.